The van der Waals surface area contributed by atoms with E-state index in [0.717, 1.165) is 23.8 Å². The van der Waals surface area contributed by atoms with Gasteiger partial charge in [-0.25, -0.2) is 13.2 Å². The molecule has 2 heterocycles. The highest BCUT2D eigenvalue weighted by atomic mass is 19.1. The lowest BCUT2D eigenvalue weighted by Gasteiger charge is -2.06. The van der Waals surface area contributed by atoms with Crippen LogP contribution in [0.1, 0.15) is 15.9 Å². The summed E-state index contributed by atoms with van der Waals surface area (Å²) in [7, 11) is 0. The molecule has 4 aromatic rings. The van der Waals surface area contributed by atoms with Crippen molar-refractivity contribution in [2.24, 2.45) is 0 Å². The maximum atomic E-state index is 13.5. The molecule has 0 aliphatic rings. The molecule has 4 rings (SSSR count). The van der Waals surface area contributed by atoms with Gasteiger partial charge in [0.05, 0.1) is 0 Å². The van der Waals surface area contributed by atoms with Crippen LogP contribution in [-0.2, 0) is 6.54 Å². The number of hydrogen-bond acceptors (Lipinski definition) is 3. The van der Waals surface area contributed by atoms with Gasteiger partial charge in [-0.2, -0.15) is 0 Å². The van der Waals surface area contributed by atoms with Gasteiger partial charge in [0.1, 0.15) is 17.5 Å². The van der Waals surface area contributed by atoms with Crippen LogP contribution in [0.4, 0.5) is 13.2 Å². The van der Waals surface area contributed by atoms with E-state index in [1.165, 1.54) is 22.6 Å². The number of nitrogens with one attached hydrogen (secondary N) is 1. The lowest BCUT2D eigenvalue weighted by Crippen LogP contribution is -2.22. The Labute approximate surface area is 157 Å². The second kappa shape index (κ2) is 7.15. The molecule has 0 atom stereocenters. The summed E-state index contributed by atoms with van der Waals surface area (Å²) in [5.41, 5.74) is 1.69. The Hall–Kier alpha value is -3.68. The largest absolute Gasteiger partial charge is 0.348 e. The van der Waals surface area contributed by atoms with E-state index in [9.17, 15) is 18.0 Å². The third-order valence-electron chi connectivity index (χ3n) is 4.16. The molecule has 0 spiro atoms. The number of halogens is 3. The van der Waals surface area contributed by atoms with Crippen molar-refractivity contribution < 1.29 is 18.0 Å². The van der Waals surface area contributed by atoms with Gasteiger partial charge in [0.25, 0.3) is 5.91 Å². The van der Waals surface area contributed by atoms with Crippen molar-refractivity contribution in [3.05, 3.63) is 89.4 Å². The average molecular weight is 382 g/mol. The first-order chi connectivity index (χ1) is 13.5. The van der Waals surface area contributed by atoms with Crippen LogP contribution in [0.2, 0.25) is 0 Å². The quantitative estimate of drug-likeness (QED) is 0.585. The number of pyridine rings is 1. The van der Waals surface area contributed by atoms with Crippen molar-refractivity contribution in [1.29, 1.82) is 0 Å². The molecule has 8 heteroatoms. The van der Waals surface area contributed by atoms with E-state index < -0.39 is 11.6 Å². The molecule has 0 saturated carbocycles. The van der Waals surface area contributed by atoms with Gasteiger partial charge in [-0.05, 0) is 42.0 Å². The fourth-order valence-electron chi connectivity index (χ4n) is 2.80. The SMILES string of the molecule is O=C(NCc1ccc(F)cc1)c1ccn2c(-c3cc(F)cc(F)c3)nnc2c1. The first-order valence-corrected chi connectivity index (χ1v) is 8.33. The number of amides is 1. The number of hydrogen-bond donors (Lipinski definition) is 1. The van der Waals surface area contributed by atoms with Crippen LogP contribution in [0, 0.1) is 17.5 Å². The summed E-state index contributed by atoms with van der Waals surface area (Å²) >= 11 is 0. The minimum atomic E-state index is -0.719. The molecule has 140 valence electrons. The van der Waals surface area contributed by atoms with Gasteiger partial charge in [-0.15, -0.1) is 10.2 Å². The van der Waals surface area contributed by atoms with Crippen molar-refractivity contribution >= 4 is 11.6 Å². The van der Waals surface area contributed by atoms with Crippen LogP contribution >= 0.6 is 0 Å². The van der Waals surface area contributed by atoms with Gasteiger partial charge >= 0.3 is 0 Å². The zero-order valence-electron chi connectivity index (χ0n) is 14.4. The molecule has 0 unspecified atom stereocenters. The number of benzene rings is 2. The van der Waals surface area contributed by atoms with Crippen LogP contribution in [0.5, 0.6) is 0 Å². The number of fused-ring (bicyclic) bond motifs is 1. The molecule has 0 radical (unpaired) electrons. The van der Waals surface area contributed by atoms with Gasteiger partial charge in [0, 0.05) is 29.9 Å². The van der Waals surface area contributed by atoms with Crippen LogP contribution in [0.15, 0.2) is 60.8 Å². The number of nitrogens with zero attached hydrogens (tertiary/aromatic N) is 3. The summed E-state index contributed by atoms with van der Waals surface area (Å²) in [5, 5.41) is 10.7. The Kier molecular flexibility index (Phi) is 4.52. The van der Waals surface area contributed by atoms with Crippen LogP contribution in [-0.4, -0.2) is 20.5 Å². The maximum Gasteiger partial charge on any atom is 0.251 e. The molecular weight excluding hydrogens is 369 g/mol. The van der Waals surface area contributed by atoms with Crippen molar-refractivity contribution in [2.45, 2.75) is 6.54 Å². The summed E-state index contributed by atoms with van der Waals surface area (Å²) < 4.78 is 41.4. The molecule has 1 amide bonds. The molecule has 2 aromatic heterocycles. The Morgan fingerprint density at radius 1 is 0.893 bits per heavy atom. The summed E-state index contributed by atoms with van der Waals surface area (Å²) in [6, 6.07) is 12.0. The number of aromatic nitrogens is 3. The van der Waals surface area contributed by atoms with Gasteiger partial charge in [-0.1, -0.05) is 12.1 Å². The Morgan fingerprint density at radius 2 is 1.61 bits per heavy atom. The van der Waals surface area contributed by atoms with Gasteiger partial charge in [0.15, 0.2) is 11.5 Å². The second-order valence-electron chi connectivity index (χ2n) is 6.13. The highest BCUT2D eigenvalue weighted by Crippen LogP contribution is 2.21. The lowest BCUT2D eigenvalue weighted by molar-refractivity contribution is 0.0951. The monoisotopic (exact) mass is 382 g/mol. The molecule has 0 bridgehead atoms. The van der Waals surface area contributed by atoms with E-state index in [0.29, 0.717) is 11.2 Å². The smallest absolute Gasteiger partial charge is 0.251 e. The Balaban J connectivity index is 1.56. The first-order valence-electron chi connectivity index (χ1n) is 8.33. The molecule has 0 saturated heterocycles. The third kappa shape index (κ3) is 3.57. The van der Waals surface area contributed by atoms with Crippen molar-refractivity contribution in [3.63, 3.8) is 0 Å². The average Bonchev–Trinajstić information content (AvgIpc) is 3.10. The first kappa shape index (κ1) is 17.7. The molecular formula is C20H13F3N4O. The van der Waals surface area contributed by atoms with E-state index in [1.54, 1.807) is 24.4 Å². The van der Waals surface area contributed by atoms with E-state index in [2.05, 4.69) is 15.5 Å². The van der Waals surface area contributed by atoms with E-state index in [4.69, 9.17) is 0 Å². The highest BCUT2D eigenvalue weighted by Gasteiger charge is 2.13. The van der Waals surface area contributed by atoms with E-state index in [-0.39, 0.29) is 29.7 Å². The topological polar surface area (TPSA) is 59.3 Å². The standard InChI is InChI=1S/C20H13F3N4O/c21-15-3-1-12(2-4-15)11-24-20(28)13-5-6-27-18(9-13)25-26-19(27)14-7-16(22)10-17(23)8-14/h1-10H,11H2,(H,24,28). The van der Waals surface area contributed by atoms with Crippen LogP contribution < -0.4 is 5.32 Å². The molecule has 5 nitrogen and oxygen atoms in total. The second-order valence-corrected chi connectivity index (χ2v) is 6.13. The highest BCUT2D eigenvalue weighted by molar-refractivity contribution is 5.95. The molecule has 0 fully saturated rings. The summed E-state index contributed by atoms with van der Waals surface area (Å²) in [4.78, 5) is 12.4. The Bertz CT molecular complexity index is 1150. The number of rotatable bonds is 4. The zero-order valence-corrected chi connectivity index (χ0v) is 14.4. The van der Waals surface area contributed by atoms with Gasteiger partial charge < -0.3 is 5.32 Å². The number of carbonyl (C=O) groups is 1. The third-order valence-corrected chi connectivity index (χ3v) is 4.16. The predicted octanol–water partition coefficient (Wildman–Crippen LogP) is 3.74. The molecule has 0 aliphatic heterocycles. The molecule has 0 aliphatic carbocycles. The normalized spacial score (nSPS) is 11.0. The number of carbonyl (C=O) groups excluding carboxylic acids is 1. The van der Waals surface area contributed by atoms with Crippen molar-refractivity contribution in [2.75, 3.05) is 0 Å². The summed E-state index contributed by atoms with van der Waals surface area (Å²) in [6.07, 6.45) is 1.56. The fourth-order valence-corrected chi connectivity index (χ4v) is 2.80. The van der Waals surface area contributed by atoms with Gasteiger partial charge in [0.2, 0.25) is 0 Å². The van der Waals surface area contributed by atoms with E-state index >= 15 is 0 Å². The van der Waals surface area contributed by atoms with Crippen molar-refractivity contribution in [3.8, 4) is 11.4 Å². The van der Waals surface area contributed by atoms with E-state index in [1.807, 2.05) is 0 Å². The maximum absolute atomic E-state index is 13.5. The summed E-state index contributed by atoms with van der Waals surface area (Å²) in [5.74, 6) is -1.87. The Morgan fingerprint density at radius 3 is 2.32 bits per heavy atom. The van der Waals surface area contributed by atoms with Crippen molar-refractivity contribution in [1.82, 2.24) is 19.9 Å². The molecule has 2 aromatic carbocycles. The predicted molar refractivity (Wildman–Crippen MR) is 95.9 cm³/mol. The van der Waals surface area contributed by atoms with Crippen LogP contribution in [0.25, 0.3) is 17.0 Å². The fraction of sp³-hybridized carbons (Fsp3) is 0.0500. The molecule has 28 heavy (non-hydrogen) atoms. The van der Waals surface area contributed by atoms with Crippen LogP contribution in [0.3, 0.4) is 0 Å². The summed E-state index contributed by atoms with van der Waals surface area (Å²) in [6.45, 7) is 0.241. The minimum Gasteiger partial charge on any atom is -0.348 e. The lowest BCUT2D eigenvalue weighted by atomic mass is 10.2. The molecule has 1 N–H and O–H groups in total. The van der Waals surface area contributed by atoms with Gasteiger partial charge in [-0.3, -0.25) is 9.20 Å². The minimum absolute atomic E-state index is 0.235. The zero-order chi connectivity index (χ0) is 19.7.